The van der Waals surface area contributed by atoms with Gasteiger partial charge in [-0.15, -0.1) is 5.10 Å². The van der Waals surface area contributed by atoms with E-state index in [0.717, 1.165) is 16.8 Å². The third-order valence-corrected chi connectivity index (χ3v) is 4.23. The van der Waals surface area contributed by atoms with Crippen LogP contribution in [0.1, 0.15) is 28.5 Å². The highest BCUT2D eigenvalue weighted by Crippen LogP contribution is 2.25. The van der Waals surface area contributed by atoms with E-state index in [4.69, 9.17) is 10.5 Å². The molecule has 0 amide bonds. The minimum atomic E-state index is -0.0636. The Morgan fingerprint density at radius 1 is 1.30 bits per heavy atom. The van der Waals surface area contributed by atoms with Crippen LogP contribution in [0.2, 0.25) is 0 Å². The number of nitrogen functional groups attached to an aromatic ring is 1. The molecule has 1 aromatic carbocycles. The van der Waals surface area contributed by atoms with Crippen molar-refractivity contribution in [2.24, 2.45) is 0 Å². The Kier molecular flexibility index (Phi) is 4.03. The number of carbonyl (C=O) groups is 1. The standard InChI is InChI=1S/C18H17N7O2/c1-10-5-13(25-7-14(11(2)26)20-9-25)4-3-12(10)8-27-15-6-16(19)21-18-17(15)22-24-23-18/h3-7,9H,8H2,1-2H3,(H3,19,21,22,23,24). The summed E-state index contributed by atoms with van der Waals surface area (Å²) in [5.74, 6) is 0.779. The maximum Gasteiger partial charge on any atom is 0.207 e. The van der Waals surface area contributed by atoms with E-state index < -0.39 is 0 Å². The van der Waals surface area contributed by atoms with Crippen LogP contribution >= 0.6 is 0 Å². The Hall–Kier alpha value is -3.75. The first-order valence-electron chi connectivity index (χ1n) is 8.26. The number of ether oxygens (including phenoxy) is 1. The monoisotopic (exact) mass is 363 g/mol. The number of imidazole rings is 1. The first kappa shape index (κ1) is 16.7. The number of aromatic amines is 1. The van der Waals surface area contributed by atoms with Crippen molar-refractivity contribution < 1.29 is 9.53 Å². The molecule has 0 atom stereocenters. The van der Waals surface area contributed by atoms with Gasteiger partial charge >= 0.3 is 0 Å². The van der Waals surface area contributed by atoms with Crippen LogP contribution in [0.5, 0.6) is 5.75 Å². The zero-order valence-electron chi connectivity index (χ0n) is 14.8. The molecule has 0 spiro atoms. The number of carbonyl (C=O) groups excluding carboxylic acids is 1. The minimum Gasteiger partial charge on any atom is -0.486 e. The highest BCUT2D eigenvalue weighted by Gasteiger charge is 2.11. The Bertz CT molecular complexity index is 1150. The van der Waals surface area contributed by atoms with Gasteiger partial charge in [-0.05, 0) is 30.2 Å². The molecule has 3 N–H and O–H groups in total. The van der Waals surface area contributed by atoms with Crippen LogP contribution in [0.15, 0.2) is 36.8 Å². The van der Waals surface area contributed by atoms with Crippen LogP contribution in [0.4, 0.5) is 5.82 Å². The SMILES string of the molecule is CC(=O)c1cn(-c2ccc(COc3cc(N)nc4n[nH]nc34)c(C)c2)cn1. The second-order valence-corrected chi connectivity index (χ2v) is 6.16. The number of nitrogens with zero attached hydrogens (tertiary/aromatic N) is 5. The lowest BCUT2D eigenvalue weighted by Gasteiger charge is -2.11. The van der Waals surface area contributed by atoms with Gasteiger partial charge < -0.3 is 15.0 Å². The molecule has 0 aliphatic carbocycles. The van der Waals surface area contributed by atoms with Gasteiger partial charge in [0, 0.05) is 24.9 Å². The second-order valence-electron chi connectivity index (χ2n) is 6.16. The fourth-order valence-electron chi connectivity index (χ4n) is 2.74. The molecule has 136 valence electrons. The molecule has 3 heterocycles. The molecule has 4 aromatic rings. The van der Waals surface area contributed by atoms with Crippen molar-refractivity contribution in [3.63, 3.8) is 0 Å². The van der Waals surface area contributed by atoms with E-state index in [-0.39, 0.29) is 5.78 Å². The molecule has 0 bridgehead atoms. The number of fused-ring (bicyclic) bond motifs is 1. The van der Waals surface area contributed by atoms with Crippen LogP contribution in [-0.4, -0.2) is 35.7 Å². The van der Waals surface area contributed by atoms with Crippen molar-refractivity contribution in [3.8, 4) is 11.4 Å². The first-order valence-corrected chi connectivity index (χ1v) is 8.26. The Morgan fingerprint density at radius 3 is 2.89 bits per heavy atom. The van der Waals surface area contributed by atoms with Gasteiger partial charge in [0.15, 0.2) is 17.0 Å². The number of nitrogens with one attached hydrogen (secondary N) is 1. The summed E-state index contributed by atoms with van der Waals surface area (Å²) in [4.78, 5) is 19.6. The number of ketones is 1. The van der Waals surface area contributed by atoms with Crippen LogP contribution < -0.4 is 10.5 Å². The zero-order chi connectivity index (χ0) is 19.0. The number of hydrogen-bond acceptors (Lipinski definition) is 7. The number of aromatic nitrogens is 6. The van der Waals surface area contributed by atoms with Crippen LogP contribution in [-0.2, 0) is 6.61 Å². The second kappa shape index (κ2) is 6.52. The molecule has 9 nitrogen and oxygen atoms in total. The van der Waals surface area contributed by atoms with Crippen LogP contribution in [0.3, 0.4) is 0 Å². The van der Waals surface area contributed by atoms with E-state index in [1.54, 1.807) is 18.6 Å². The van der Waals surface area contributed by atoms with Gasteiger partial charge in [-0.25, -0.2) is 9.97 Å². The summed E-state index contributed by atoms with van der Waals surface area (Å²) >= 11 is 0. The summed E-state index contributed by atoms with van der Waals surface area (Å²) in [6.07, 6.45) is 3.34. The van der Waals surface area contributed by atoms with Gasteiger partial charge in [0.25, 0.3) is 0 Å². The summed E-state index contributed by atoms with van der Waals surface area (Å²) in [5.41, 5.74) is 10.1. The summed E-state index contributed by atoms with van der Waals surface area (Å²) in [5, 5.41) is 10.5. The average molecular weight is 363 g/mol. The lowest BCUT2D eigenvalue weighted by Crippen LogP contribution is -2.01. The molecule has 4 rings (SSSR count). The van der Waals surface area contributed by atoms with Crippen molar-refractivity contribution in [1.29, 1.82) is 0 Å². The van der Waals surface area contributed by atoms with E-state index in [2.05, 4.69) is 25.4 Å². The zero-order valence-corrected chi connectivity index (χ0v) is 14.8. The smallest absolute Gasteiger partial charge is 0.207 e. The minimum absolute atomic E-state index is 0.0636. The fourth-order valence-corrected chi connectivity index (χ4v) is 2.74. The molecule has 0 radical (unpaired) electrons. The van der Waals surface area contributed by atoms with E-state index in [1.807, 2.05) is 29.7 Å². The van der Waals surface area contributed by atoms with Gasteiger partial charge in [0.05, 0.1) is 0 Å². The largest absolute Gasteiger partial charge is 0.486 e. The fraction of sp³-hybridized carbons (Fsp3) is 0.167. The number of aryl methyl sites for hydroxylation is 1. The Balaban J connectivity index is 1.56. The topological polar surface area (TPSA) is 125 Å². The van der Waals surface area contributed by atoms with Crippen molar-refractivity contribution in [1.82, 2.24) is 29.9 Å². The molecule has 27 heavy (non-hydrogen) atoms. The number of H-pyrrole nitrogens is 1. The Morgan fingerprint density at radius 2 is 2.15 bits per heavy atom. The van der Waals surface area contributed by atoms with Crippen LogP contribution in [0, 0.1) is 6.92 Å². The molecular formula is C18H17N7O2. The molecule has 0 unspecified atom stereocenters. The van der Waals surface area contributed by atoms with E-state index in [1.165, 1.54) is 6.92 Å². The summed E-state index contributed by atoms with van der Waals surface area (Å²) in [7, 11) is 0. The van der Waals surface area contributed by atoms with Gasteiger partial charge in [0.1, 0.15) is 24.4 Å². The highest BCUT2D eigenvalue weighted by atomic mass is 16.5. The number of nitrogens with two attached hydrogens (primary N) is 1. The third kappa shape index (κ3) is 3.22. The summed E-state index contributed by atoms with van der Waals surface area (Å²) in [6.45, 7) is 3.84. The van der Waals surface area contributed by atoms with Crippen molar-refractivity contribution in [2.75, 3.05) is 5.73 Å². The normalized spacial score (nSPS) is 11.0. The number of hydrogen-bond donors (Lipinski definition) is 2. The predicted molar refractivity (Wildman–Crippen MR) is 98.7 cm³/mol. The first-order chi connectivity index (χ1) is 13.0. The molecule has 9 heteroatoms. The number of rotatable bonds is 5. The molecule has 0 saturated carbocycles. The van der Waals surface area contributed by atoms with Crippen molar-refractivity contribution >= 4 is 22.8 Å². The van der Waals surface area contributed by atoms with E-state index >= 15 is 0 Å². The Labute approximate surface area is 154 Å². The van der Waals surface area contributed by atoms with Gasteiger partial charge in [-0.3, -0.25) is 4.79 Å². The van der Waals surface area contributed by atoms with Gasteiger partial charge in [0.2, 0.25) is 5.65 Å². The molecule has 3 aromatic heterocycles. The predicted octanol–water partition coefficient (Wildman–Crippen LogP) is 2.21. The molecule has 0 saturated heterocycles. The number of Topliss-reactive ketones (excluding diaryl/α,β-unsaturated/α-hetero) is 1. The maximum atomic E-state index is 11.4. The number of benzene rings is 1. The highest BCUT2D eigenvalue weighted by molar-refractivity contribution is 5.91. The number of pyridine rings is 1. The average Bonchev–Trinajstić information content (AvgIpc) is 3.29. The van der Waals surface area contributed by atoms with E-state index in [0.29, 0.717) is 35.0 Å². The molecule has 0 aliphatic heterocycles. The van der Waals surface area contributed by atoms with E-state index in [9.17, 15) is 4.79 Å². The van der Waals surface area contributed by atoms with Gasteiger partial charge in [-0.1, -0.05) is 6.07 Å². The van der Waals surface area contributed by atoms with Crippen LogP contribution in [0.25, 0.3) is 16.9 Å². The maximum absolute atomic E-state index is 11.4. The quantitative estimate of drug-likeness (QED) is 0.521. The summed E-state index contributed by atoms with van der Waals surface area (Å²) in [6, 6.07) is 7.56. The lowest BCUT2D eigenvalue weighted by molar-refractivity contribution is 0.101. The molecular weight excluding hydrogens is 346 g/mol. The molecule has 0 fully saturated rings. The molecule has 0 aliphatic rings. The third-order valence-electron chi connectivity index (χ3n) is 4.23. The van der Waals surface area contributed by atoms with Crippen molar-refractivity contribution in [3.05, 3.63) is 53.6 Å². The lowest BCUT2D eigenvalue weighted by atomic mass is 10.1. The van der Waals surface area contributed by atoms with Crippen molar-refractivity contribution in [2.45, 2.75) is 20.5 Å². The number of anilines is 1. The summed E-state index contributed by atoms with van der Waals surface area (Å²) < 4.78 is 7.72. The van der Waals surface area contributed by atoms with Gasteiger partial charge in [-0.2, -0.15) is 10.3 Å².